The highest BCUT2D eigenvalue weighted by molar-refractivity contribution is 6.31. The lowest BCUT2D eigenvalue weighted by Gasteiger charge is -2.09. The average Bonchev–Trinajstić information content (AvgIpc) is 2.21. The largest absolute Gasteiger partial charge is 0.480 e. The van der Waals surface area contributed by atoms with Crippen molar-refractivity contribution in [3.63, 3.8) is 0 Å². The Hall–Kier alpha value is -1.55. The van der Waals surface area contributed by atoms with Gasteiger partial charge < -0.3 is 10.4 Å². The molecule has 1 aromatic rings. The van der Waals surface area contributed by atoms with Crippen LogP contribution in [-0.4, -0.2) is 23.0 Å². The summed E-state index contributed by atoms with van der Waals surface area (Å²) in [5.41, 5.74) is 1.17. The van der Waals surface area contributed by atoms with Gasteiger partial charge in [0.1, 0.15) is 6.04 Å². The van der Waals surface area contributed by atoms with E-state index in [2.05, 4.69) is 5.32 Å². The van der Waals surface area contributed by atoms with E-state index in [0.717, 1.165) is 5.56 Å². The second-order valence-electron chi connectivity index (χ2n) is 3.50. The molecule has 1 unspecified atom stereocenters. The maximum absolute atomic E-state index is 11.6. The summed E-state index contributed by atoms with van der Waals surface area (Å²) in [5.74, 6) is -1.49. The molecule has 4 nitrogen and oxygen atoms in total. The van der Waals surface area contributed by atoms with Crippen molar-refractivity contribution >= 4 is 23.5 Å². The van der Waals surface area contributed by atoms with Crippen molar-refractivity contribution in [3.8, 4) is 0 Å². The van der Waals surface area contributed by atoms with Crippen LogP contribution in [0.1, 0.15) is 22.8 Å². The van der Waals surface area contributed by atoms with Crippen LogP contribution >= 0.6 is 11.6 Å². The predicted molar refractivity (Wildman–Crippen MR) is 60.8 cm³/mol. The molecule has 0 saturated heterocycles. The van der Waals surface area contributed by atoms with Gasteiger partial charge in [0.25, 0.3) is 5.91 Å². The molecule has 1 rings (SSSR count). The molecule has 1 atom stereocenters. The number of carboxylic acids is 1. The molecule has 0 spiro atoms. The maximum atomic E-state index is 11.6. The first kappa shape index (κ1) is 12.5. The van der Waals surface area contributed by atoms with Crippen molar-refractivity contribution < 1.29 is 14.7 Å². The van der Waals surface area contributed by atoms with Crippen LogP contribution in [0, 0.1) is 6.92 Å². The molecule has 0 aliphatic rings. The lowest BCUT2D eigenvalue weighted by atomic mass is 10.1. The van der Waals surface area contributed by atoms with Gasteiger partial charge in [-0.25, -0.2) is 0 Å². The van der Waals surface area contributed by atoms with Crippen LogP contribution in [0.4, 0.5) is 0 Å². The van der Waals surface area contributed by atoms with Crippen molar-refractivity contribution in [3.05, 3.63) is 34.3 Å². The van der Waals surface area contributed by atoms with Gasteiger partial charge in [-0.2, -0.15) is 0 Å². The van der Waals surface area contributed by atoms with Crippen LogP contribution in [-0.2, 0) is 4.79 Å². The fourth-order valence-electron chi connectivity index (χ4n) is 1.13. The van der Waals surface area contributed by atoms with Crippen molar-refractivity contribution in [2.75, 3.05) is 0 Å². The summed E-state index contributed by atoms with van der Waals surface area (Å²) in [6.07, 6.45) is 0. The number of hydrogen-bond donors (Lipinski definition) is 2. The van der Waals surface area contributed by atoms with Crippen LogP contribution in [0.3, 0.4) is 0 Å². The molecule has 0 aliphatic carbocycles. The van der Waals surface area contributed by atoms with E-state index in [1.165, 1.54) is 6.92 Å². The molecule has 2 N–H and O–H groups in total. The molecule has 16 heavy (non-hydrogen) atoms. The highest BCUT2D eigenvalue weighted by atomic mass is 35.5. The lowest BCUT2D eigenvalue weighted by Crippen LogP contribution is -2.38. The van der Waals surface area contributed by atoms with E-state index in [1.807, 2.05) is 0 Å². The number of aliphatic carboxylic acids is 1. The normalized spacial score (nSPS) is 11.9. The number of amides is 1. The minimum atomic E-state index is -1.07. The van der Waals surface area contributed by atoms with Gasteiger partial charge in [0.2, 0.25) is 0 Å². The Morgan fingerprint density at radius 2 is 2.06 bits per heavy atom. The predicted octanol–water partition coefficient (Wildman–Crippen LogP) is 1.85. The zero-order valence-corrected chi connectivity index (χ0v) is 9.71. The summed E-state index contributed by atoms with van der Waals surface area (Å²) in [6, 6.07) is 3.87. The first-order chi connectivity index (χ1) is 7.41. The fourth-order valence-corrected chi connectivity index (χ4v) is 1.25. The van der Waals surface area contributed by atoms with Crippen molar-refractivity contribution in [2.45, 2.75) is 19.9 Å². The van der Waals surface area contributed by atoms with E-state index in [-0.39, 0.29) is 0 Å². The number of aryl methyl sites for hydroxylation is 1. The third-order valence-electron chi connectivity index (χ3n) is 2.14. The molecule has 0 heterocycles. The molecule has 0 fully saturated rings. The third kappa shape index (κ3) is 2.97. The Morgan fingerprint density at radius 1 is 1.44 bits per heavy atom. The highest BCUT2D eigenvalue weighted by Gasteiger charge is 2.15. The third-order valence-corrected chi connectivity index (χ3v) is 2.56. The van der Waals surface area contributed by atoms with E-state index >= 15 is 0 Å². The SMILES string of the molecule is Cc1cc(C(=O)NC(C)C(=O)O)ccc1Cl. The van der Waals surface area contributed by atoms with Gasteiger partial charge in [-0.1, -0.05) is 11.6 Å². The molecule has 5 heteroatoms. The first-order valence-electron chi connectivity index (χ1n) is 4.71. The van der Waals surface area contributed by atoms with Crippen LogP contribution in [0.25, 0.3) is 0 Å². The summed E-state index contributed by atoms with van der Waals surface area (Å²) < 4.78 is 0. The number of hydrogen-bond acceptors (Lipinski definition) is 2. The van der Waals surface area contributed by atoms with Crippen LogP contribution in [0.5, 0.6) is 0 Å². The second-order valence-corrected chi connectivity index (χ2v) is 3.90. The fraction of sp³-hybridized carbons (Fsp3) is 0.273. The van der Waals surface area contributed by atoms with E-state index in [1.54, 1.807) is 25.1 Å². The van der Waals surface area contributed by atoms with Crippen molar-refractivity contribution in [2.24, 2.45) is 0 Å². The lowest BCUT2D eigenvalue weighted by molar-refractivity contribution is -0.138. The minimum absolute atomic E-state index is 0.398. The Labute approximate surface area is 98.2 Å². The molecule has 86 valence electrons. The van der Waals surface area contributed by atoms with Crippen LogP contribution in [0.15, 0.2) is 18.2 Å². The number of carbonyl (C=O) groups excluding carboxylic acids is 1. The van der Waals surface area contributed by atoms with Gasteiger partial charge in [0, 0.05) is 10.6 Å². The van der Waals surface area contributed by atoms with Gasteiger partial charge >= 0.3 is 5.97 Å². The van der Waals surface area contributed by atoms with Crippen LogP contribution in [0.2, 0.25) is 5.02 Å². The van der Waals surface area contributed by atoms with Gasteiger partial charge in [0.15, 0.2) is 0 Å². The number of carboxylic acid groups (broad SMARTS) is 1. The van der Waals surface area contributed by atoms with Crippen molar-refractivity contribution in [1.29, 1.82) is 0 Å². The molecule has 0 saturated carbocycles. The van der Waals surface area contributed by atoms with Gasteiger partial charge in [-0.3, -0.25) is 9.59 Å². The zero-order chi connectivity index (χ0) is 12.3. The molecule has 0 bridgehead atoms. The number of halogens is 1. The standard InChI is InChI=1S/C11H12ClNO3/c1-6-5-8(3-4-9(6)12)10(14)13-7(2)11(15)16/h3-5,7H,1-2H3,(H,13,14)(H,15,16). The Kier molecular flexibility index (Phi) is 3.90. The molecule has 1 aromatic carbocycles. The summed E-state index contributed by atoms with van der Waals surface area (Å²) in [6.45, 7) is 3.18. The van der Waals surface area contributed by atoms with E-state index in [9.17, 15) is 9.59 Å². The molecule has 1 amide bonds. The summed E-state index contributed by atoms with van der Waals surface area (Å²) in [7, 11) is 0. The number of benzene rings is 1. The smallest absolute Gasteiger partial charge is 0.325 e. The zero-order valence-electron chi connectivity index (χ0n) is 8.95. The second kappa shape index (κ2) is 4.99. The summed E-state index contributed by atoms with van der Waals surface area (Å²) in [4.78, 5) is 22.2. The summed E-state index contributed by atoms with van der Waals surface area (Å²) >= 11 is 5.82. The minimum Gasteiger partial charge on any atom is -0.480 e. The number of rotatable bonds is 3. The molecular weight excluding hydrogens is 230 g/mol. The number of carbonyl (C=O) groups is 2. The average molecular weight is 242 g/mol. The first-order valence-corrected chi connectivity index (χ1v) is 5.09. The van der Waals surface area contributed by atoms with Crippen molar-refractivity contribution in [1.82, 2.24) is 5.32 Å². The monoisotopic (exact) mass is 241 g/mol. The van der Waals surface area contributed by atoms with E-state index < -0.39 is 17.9 Å². The Bertz CT molecular complexity index is 431. The molecule has 0 aliphatic heterocycles. The quantitative estimate of drug-likeness (QED) is 0.849. The highest BCUT2D eigenvalue weighted by Crippen LogP contribution is 2.16. The number of nitrogens with one attached hydrogen (secondary N) is 1. The van der Waals surface area contributed by atoms with E-state index in [0.29, 0.717) is 10.6 Å². The Morgan fingerprint density at radius 3 is 2.56 bits per heavy atom. The molecule has 0 aromatic heterocycles. The topological polar surface area (TPSA) is 66.4 Å². The van der Waals surface area contributed by atoms with Gasteiger partial charge in [-0.15, -0.1) is 0 Å². The molecular formula is C11H12ClNO3. The Balaban J connectivity index is 2.81. The van der Waals surface area contributed by atoms with Crippen LogP contribution < -0.4 is 5.32 Å². The van der Waals surface area contributed by atoms with Gasteiger partial charge in [-0.05, 0) is 37.6 Å². The maximum Gasteiger partial charge on any atom is 0.325 e. The molecule has 0 radical (unpaired) electrons. The van der Waals surface area contributed by atoms with E-state index in [4.69, 9.17) is 16.7 Å². The van der Waals surface area contributed by atoms with Gasteiger partial charge in [0.05, 0.1) is 0 Å². The summed E-state index contributed by atoms with van der Waals surface area (Å²) in [5, 5.41) is 11.6.